The molecule has 1 aromatic carbocycles. The van der Waals surface area contributed by atoms with Crippen LogP contribution in [0, 0.1) is 26.7 Å². The van der Waals surface area contributed by atoms with E-state index in [9.17, 15) is 9.59 Å². The molecule has 32 heavy (non-hydrogen) atoms. The van der Waals surface area contributed by atoms with Crippen LogP contribution < -0.4 is 10.2 Å². The van der Waals surface area contributed by atoms with Gasteiger partial charge in [0, 0.05) is 29.4 Å². The largest absolute Gasteiger partial charge is 0.339 e. The van der Waals surface area contributed by atoms with Crippen molar-refractivity contribution in [2.75, 3.05) is 16.8 Å². The van der Waals surface area contributed by atoms with Crippen LogP contribution in [0.15, 0.2) is 28.8 Å². The Bertz CT molecular complexity index is 1190. The van der Waals surface area contributed by atoms with Crippen LogP contribution in [0.25, 0.3) is 10.7 Å². The van der Waals surface area contributed by atoms with E-state index in [2.05, 4.69) is 15.5 Å². The van der Waals surface area contributed by atoms with Gasteiger partial charge in [0.15, 0.2) is 0 Å². The molecule has 0 unspecified atom stereocenters. The molecule has 2 amide bonds. The van der Waals surface area contributed by atoms with E-state index >= 15 is 0 Å². The van der Waals surface area contributed by atoms with Crippen LogP contribution in [0.1, 0.15) is 53.5 Å². The number of carbonyl (C=O) groups excluding carboxylic acids is 2. The van der Waals surface area contributed by atoms with Gasteiger partial charge >= 0.3 is 0 Å². The zero-order valence-electron chi connectivity index (χ0n) is 18.5. The molecule has 2 fully saturated rings. The fourth-order valence-electron chi connectivity index (χ4n) is 4.13. The van der Waals surface area contributed by atoms with E-state index in [1.165, 1.54) is 23.3 Å². The summed E-state index contributed by atoms with van der Waals surface area (Å²) < 4.78 is 5.43. The van der Waals surface area contributed by atoms with Crippen LogP contribution in [0.4, 0.5) is 11.4 Å². The van der Waals surface area contributed by atoms with E-state index in [0.717, 1.165) is 39.5 Å². The molecular formula is C24H26N4O3S. The molecular weight excluding hydrogens is 424 g/mol. The van der Waals surface area contributed by atoms with Gasteiger partial charge in [0.25, 0.3) is 0 Å². The highest BCUT2D eigenvalue weighted by atomic mass is 32.1. The minimum absolute atomic E-state index is 0.0218. The number of hydrogen-bond acceptors (Lipinski definition) is 6. The predicted octanol–water partition coefficient (Wildman–Crippen LogP) is 4.98. The molecule has 1 aliphatic carbocycles. The number of aromatic nitrogens is 2. The maximum Gasteiger partial charge on any atom is 0.230 e. The summed E-state index contributed by atoms with van der Waals surface area (Å²) in [6, 6.07) is 7.85. The Labute approximate surface area is 190 Å². The smallest absolute Gasteiger partial charge is 0.230 e. The number of thiophene rings is 1. The van der Waals surface area contributed by atoms with E-state index in [0.29, 0.717) is 24.2 Å². The lowest BCUT2D eigenvalue weighted by atomic mass is 9.85. The molecule has 1 N–H and O–H groups in total. The van der Waals surface area contributed by atoms with Gasteiger partial charge < -0.3 is 14.7 Å². The fraction of sp³-hybridized carbons (Fsp3) is 0.417. The zero-order chi connectivity index (χ0) is 22.4. The second kappa shape index (κ2) is 8.16. The Morgan fingerprint density at radius 3 is 2.72 bits per heavy atom. The van der Waals surface area contributed by atoms with Gasteiger partial charge in [-0.3, -0.25) is 9.59 Å². The Hall–Kier alpha value is -3.00. The van der Waals surface area contributed by atoms with Crippen molar-refractivity contribution in [3.8, 4) is 10.7 Å². The Morgan fingerprint density at radius 2 is 2.00 bits per heavy atom. The Kier molecular flexibility index (Phi) is 5.33. The Balaban J connectivity index is 1.27. The van der Waals surface area contributed by atoms with E-state index in [4.69, 9.17) is 4.52 Å². The quantitative estimate of drug-likeness (QED) is 0.592. The number of hydrogen-bond donors (Lipinski definition) is 1. The molecule has 3 aromatic rings. The van der Waals surface area contributed by atoms with Gasteiger partial charge in [0.1, 0.15) is 0 Å². The third-order valence-electron chi connectivity index (χ3n) is 6.59. The summed E-state index contributed by atoms with van der Waals surface area (Å²) in [5.41, 5.74) is 3.90. The van der Waals surface area contributed by atoms with Crippen LogP contribution in [-0.2, 0) is 9.59 Å². The third-order valence-corrected chi connectivity index (χ3v) is 7.64. The number of benzene rings is 1. The molecule has 2 aliphatic rings. The van der Waals surface area contributed by atoms with Crippen molar-refractivity contribution < 1.29 is 14.1 Å². The van der Waals surface area contributed by atoms with Crippen molar-refractivity contribution in [1.29, 1.82) is 0 Å². The topological polar surface area (TPSA) is 88.3 Å². The summed E-state index contributed by atoms with van der Waals surface area (Å²) in [5.74, 6) is 1.11. The van der Waals surface area contributed by atoms with Gasteiger partial charge in [-0.25, -0.2) is 0 Å². The average Bonchev–Trinajstić information content (AvgIpc) is 3.42. The number of amides is 2. The second-order valence-corrected chi connectivity index (χ2v) is 10.1. The molecule has 8 heteroatoms. The summed E-state index contributed by atoms with van der Waals surface area (Å²) in [6.07, 6.45) is 3.63. The highest BCUT2D eigenvalue weighted by Crippen LogP contribution is 2.38. The summed E-state index contributed by atoms with van der Waals surface area (Å²) in [4.78, 5) is 33.7. The minimum Gasteiger partial charge on any atom is -0.339 e. The lowest BCUT2D eigenvalue weighted by Gasteiger charge is -2.20. The maximum atomic E-state index is 13.0. The van der Waals surface area contributed by atoms with Crippen LogP contribution in [0.3, 0.4) is 0 Å². The van der Waals surface area contributed by atoms with Gasteiger partial charge in [-0.2, -0.15) is 4.98 Å². The number of nitrogens with one attached hydrogen (secondary N) is 1. The van der Waals surface area contributed by atoms with Crippen molar-refractivity contribution in [1.82, 2.24) is 10.1 Å². The molecule has 3 heterocycles. The first-order valence-electron chi connectivity index (χ1n) is 11.0. The predicted molar refractivity (Wildman–Crippen MR) is 124 cm³/mol. The number of aryl methyl sites for hydroxylation is 3. The van der Waals surface area contributed by atoms with Gasteiger partial charge in [-0.05, 0) is 62.9 Å². The first kappa shape index (κ1) is 20.9. The molecule has 0 spiro atoms. The van der Waals surface area contributed by atoms with E-state index < -0.39 is 0 Å². The molecule has 1 atom stereocenters. The highest BCUT2D eigenvalue weighted by molar-refractivity contribution is 7.16. The van der Waals surface area contributed by atoms with E-state index in [-0.39, 0.29) is 24.2 Å². The second-order valence-electron chi connectivity index (χ2n) is 8.83. The fourth-order valence-corrected chi connectivity index (χ4v) is 5.03. The molecule has 2 aromatic heterocycles. The molecule has 166 valence electrons. The summed E-state index contributed by atoms with van der Waals surface area (Å²) in [5, 5.41) is 7.14. The van der Waals surface area contributed by atoms with E-state index in [1.807, 2.05) is 45.0 Å². The third kappa shape index (κ3) is 3.83. The summed E-state index contributed by atoms with van der Waals surface area (Å²) >= 11 is 1.53. The maximum absolute atomic E-state index is 13.0. The van der Waals surface area contributed by atoms with E-state index in [1.54, 1.807) is 4.90 Å². The van der Waals surface area contributed by atoms with Crippen molar-refractivity contribution in [3.05, 3.63) is 46.2 Å². The number of nitrogens with zero attached hydrogens (tertiary/aromatic N) is 3. The van der Waals surface area contributed by atoms with Crippen LogP contribution in [-0.4, -0.2) is 28.5 Å². The first-order valence-corrected chi connectivity index (χ1v) is 11.8. The molecule has 1 aliphatic heterocycles. The summed E-state index contributed by atoms with van der Waals surface area (Å²) in [7, 11) is 0. The number of anilines is 2. The summed E-state index contributed by atoms with van der Waals surface area (Å²) in [6.45, 7) is 6.41. The molecule has 7 nitrogen and oxygen atoms in total. The molecule has 5 rings (SSSR count). The minimum atomic E-state index is -0.387. The standard InChI is InChI=1S/C24H26N4O3S/c1-13-7-8-18(9-14(13)2)28-12-17(10-21(28)29)23(30)25-19-11-20(32-15(19)3)22-26-24(31-27-22)16-5-4-6-16/h7-9,11,16-17H,4-6,10,12H2,1-3H3,(H,25,30)/t17-/m1/s1. The molecule has 1 saturated heterocycles. The number of rotatable bonds is 5. The van der Waals surface area contributed by atoms with Gasteiger partial charge in [-0.1, -0.05) is 17.6 Å². The van der Waals surface area contributed by atoms with Gasteiger partial charge in [-0.15, -0.1) is 11.3 Å². The SMILES string of the molecule is Cc1ccc(N2C[C@H](C(=O)Nc3cc(-c4noc(C5CCC5)n4)sc3C)CC2=O)cc1C. The van der Waals surface area contributed by atoms with Crippen LogP contribution in [0.2, 0.25) is 0 Å². The lowest BCUT2D eigenvalue weighted by Crippen LogP contribution is -2.28. The molecule has 1 saturated carbocycles. The zero-order valence-corrected chi connectivity index (χ0v) is 19.3. The van der Waals surface area contributed by atoms with Crippen molar-refractivity contribution >= 4 is 34.5 Å². The first-order chi connectivity index (χ1) is 15.4. The average molecular weight is 451 g/mol. The van der Waals surface area contributed by atoms with Crippen LogP contribution >= 0.6 is 11.3 Å². The number of carbonyl (C=O) groups is 2. The monoisotopic (exact) mass is 450 g/mol. The normalized spacial score (nSPS) is 18.8. The van der Waals surface area contributed by atoms with Gasteiger partial charge in [0.2, 0.25) is 23.5 Å². The van der Waals surface area contributed by atoms with Crippen molar-refractivity contribution in [2.24, 2.45) is 5.92 Å². The van der Waals surface area contributed by atoms with Crippen LogP contribution in [0.5, 0.6) is 0 Å². The molecule has 0 bridgehead atoms. The van der Waals surface area contributed by atoms with Gasteiger partial charge in [0.05, 0.1) is 16.5 Å². The van der Waals surface area contributed by atoms with Crippen molar-refractivity contribution in [2.45, 2.75) is 52.4 Å². The lowest BCUT2D eigenvalue weighted by molar-refractivity contribution is -0.122. The highest BCUT2D eigenvalue weighted by Gasteiger charge is 2.35. The molecule has 0 radical (unpaired) electrons. The van der Waals surface area contributed by atoms with Crippen molar-refractivity contribution in [3.63, 3.8) is 0 Å². The Morgan fingerprint density at radius 1 is 1.19 bits per heavy atom.